The Labute approximate surface area is 182 Å². The second-order valence-corrected chi connectivity index (χ2v) is 7.28. The summed E-state index contributed by atoms with van der Waals surface area (Å²) >= 11 is 17.7. The van der Waals surface area contributed by atoms with Gasteiger partial charge >= 0.3 is 0 Å². The van der Waals surface area contributed by atoms with Crippen LogP contribution in [0.2, 0.25) is 15.1 Å². The Hall–Kier alpha value is -2.54. The summed E-state index contributed by atoms with van der Waals surface area (Å²) in [7, 11) is 0. The molecular formula is C20H16Cl3N3O3. The summed E-state index contributed by atoms with van der Waals surface area (Å²) in [5.41, 5.74) is 1.20. The molecule has 29 heavy (non-hydrogen) atoms. The number of nitrogens with one attached hydrogen (secondary N) is 1. The summed E-state index contributed by atoms with van der Waals surface area (Å²) in [5, 5.41) is 8.42. The van der Waals surface area contributed by atoms with Gasteiger partial charge in [-0.2, -0.15) is 5.10 Å². The van der Waals surface area contributed by atoms with Gasteiger partial charge in [0.2, 0.25) is 0 Å². The molecule has 1 amide bonds. The predicted octanol–water partition coefficient (Wildman–Crippen LogP) is 4.07. The summed E-state index contributed by atoms with van der Waals surface area (Å²) < 4.78 is 6.66. The van der Waals surface area contributed by atoms with E-state index >= 15 is 0 Å². The molecule has 1 aromatic heterocycles. The summed E-state index contributed by atoms with van der Waals surface area (Å²) in [4.78, 5) is 24.0. The SMILES string of the molecule is O=C(COc1ccc(Cl)cc1Cl)NCCn1nc(-c2ccc(Cl)cc2)ccc1=O. The molecule has 0 radical (unpaired) electrons. The first-order valence-electron chi connectivity index (χ1n) is 8.61. The molecule has 3 aromatic rings. The van der Waals surface area contributed by atoms with Crippen LogP contribution in [0.15, 0.2) is 59.4 Å². The number of aromatic nitrogens is 2. The molecule has 0 bridgehead atoms. The fraction of sp³-hybridized carbons (Fsp3) is 0.150. The molecule has 0 saturated heterocycles. The molecule has 0 aliphatic rings. The van der Waals surface area contributed by atoms with Gasteiger partial charge in [0.15, 0.2) is 6.61 Å². The summed E-state index contributed by atoms with van der Waals surface area (Å²) in [6.07, 6.45) is 0. The van der Waals surface area contributed by atoms with Crippen LogP contribution >= 0.6 is 34.8 Å². The smallest absolute Gasteiger partial charge is 0.266 e. The van der Waals surface area contributed by atoms with Gasteiger partial charge in [-0.3, -0.25) is 9.59 Å². The lowest BCUT2D eigenvalue weighted by Gasteiger charge is -2.10. The Balaban J connectivity index is 1.54. The van der Waals surface area contributed by atoms with Gasteiger partial charge in [0.05, 0.1) is 17.3 Å². The van der Waals surface area contributed by atoms with Gasteiger partial charge in [-0.1, -0.05) is 46.9 Å². The number of rotatable bonds is 7. The van der Waals surface area contributed by atoms with E-state index in [1.54, 1.807) is 30.3 Å². The quantitative estimate of drug-likeness (QED) is 0.586. The standard InChI is InChI=1S/C20H16Cl3N3O3/c21-14-3-1-13(2-4-14)17-6-8-20(28)26(25-17)10-9-24-19(27)12-29-18-7-5-15(22)11-16(18)23/h1-8,11H,9-10,12H2,(H,24,27). The van der Waals surface area contributed by atoms with Gasteiger partial charge in [-0.25, -0.2) is 4.68 Å². The van der Waals surface area contributed by atoms with Crippen LogP contribution in [0.25, 0.3) is 11.3 Å². The van der Waals surface area contributed by atoms with Crippen molar-refractivity contribution >= 4 is 40.7 Å². The second-order valence-electron chi connectivity index (χ2n) is 6.00. The minimum Gasteiger partial charge on any atom is -0.482 e. The molecule has 1 heterocycles. The minimum absolute atomic E-state index is 0.214. The topological polar surface area (TPSA) is 73.2 Å². The number of carbonyl (C=O) groups excluding carboxylic acids is 1. The lowest BCUT2D eigenvalue weighted by molar-refractivity contribution is -0.123. The van der Waals surface area contributed by atoms with Gasteiger partial charge in [-0.05, 0) is 36.4 Å². The van der Waals surface area contributed by atoms with Crippen molar-refractivity contribution in [2.24, 2.45) is 0 Å². The lowest BCUT2D eigenvalue weighted by atomic mass is 10.1. The molecule has 0 aliphatic carbocycles. The molecule has 0 aliphatic heterocycles. The van der Waals surface area contributed by atoms with Crippen molar-refractivity contribution in [3.63, 3.8) is 0 Å². The van der Waals surface area contributed by atoms with Gasteiger partial charge in [0.1, 0.15) is 5.75 Å². The highest BCUT2D eigenvalue weighted by Gasteiger charge is 2.08. The summed E-state index contributed by atoms with van der Waals surface area (Å²) in [6.45, 7) is 0.218. The van der Waals surface area contributed by atoms with E-state index < -0.39 is 0 Å². The van der Waals surface area contributed by atoms with E-state index in [9.17, 15) is 9.59 Å². The molecule has 0 spiro atoms. The average Bonchev–Trinajstić information content (AvgIpc) is 2.69. The number of benzene rings is 2. The fourth-order valence-electron chi connectivity index (χ4n) is 2.47. The van der Waals surface area contributed by atoms with E-state index in [1.165, 1.54) is 16.8 Å². The molecule has 150 valence electrons. The van der Waals surface area contributed by atoms with Crippen LogP contribution in [0.1, 0.15) is 0 Å². The maximum absolute atomic E-state index is 12.0. The molecule has 3 rings (SSSR count). The zero-order valence-corrected chi connectivity index (χ0v) is 17.3. The Morgan fingerprint density at radius 2 is 1.72 bits per heavy atom. The van der Waals surface area contributed by atoms with Crippen LogP contribution < -0.4 is 15.6 Å². The average molecular weight is 453 g/mol. The minimum atomic E-state index is -0.349. The van der Waals surface area contributed by atoms with E-state index in [0.29, 0.717) is 26.5 Å². The normalized spacial score (nSPS) is 10.6. The number of nitrogens with zero attached hydrogens (tertiary/aromatic N) is 2. The van der Waals surface area contributed by atoms with Crippen molar-refractivity contribution in [2.45, 2.75) is 6.54 Å². The van der Waals surface area contributed by atoms with Crippen LogP contribution in [0.5, 0.6) is 5.75 Å². The van der Waals surface area contributed by atoms with E-state index in [2.05, 4.69) is 10.4 Å². The van der Waals surface area contributed by atoms with Crippen LogP contribution in [-0.4, -0.2) is 28.8 Å². The van der Waals surface area contributed by atoms with Crippen molar-refractivity contribution in [1.82, 2.24) is 15.1 Å². The highest BCUT2D eigenvalue weighted by Crippen LogP contribution is 2.27. The van der Waals surface area contributed by atoms with Crippen LogP contribution in [0, 0.1) is 0 Å². The molecule has 2 aromatic carbocycles. The first kappa shape index (κ1) is 21.2. The van der Waals surface area contributed by atoms with Crippen molar-refractivity contribution in [3.8, 4) is 17.0 Å². The number of carbonyl (C=O) groups is 1. The third-order valence-electron chi connectivity index (χ3n) is 3.91. The third kappa shape index (κ3) is 5.97. The zero-order chi connectivity index (χ0) is 20.8. The molecule has 1 N–H and O–H groups in total. The van der Waals surface area contributed by atoms with Gasteiger partial charge in [0, 0.05) is 28.2 Å². The molecular weight excluding hydrogens is 437 g/mol. The largest absolute Gasteiger partial charge is 0.482 e. The van der Waals surface area contributed by atoms with Crippen LogP contribution in [0.4, 0.5) is 0 Å². The van der Waals surface area contributed by atoms with Gasteiger partial charge in [0.25, 0.3) is 11.5 Å². The maximum atomic E-state index is 12.0. The van der Waals surface area contributed by atoms with Crippen molar-refractivity contribution in [1.29, 1.82) is 0 Å². The van der Waals surface area contributed by atoms with Crippen molar-refractivity contribution in [3.05, 3.63) is 80.0 Å². The molecule has 6 nitrogen and oxygen atoms in total. The first-order chi connectivity index (χ1) is 13.9. The van der Waals surface area contributed by atoms with E-state index in [1.807, 2.05) is 12.1 Å². The molecule has 0 fully saturated rings. The number of amides is 1. The Bertz CT molecular complexity index is 1070. The van der Waals surface area contributed by atoms with Gasteiger partial charge < -0.3 is 10.1 Å². The summed E-state index contributed by atoms with van der Waals surface area (Å²) in [6, 6.07) is 15.0. The van der Waals surface area contributed by atoms with Crippen molar-refractivity contribution < 1.29 is 9.53 Å². The maximum Gasteiger partial charge on any atom is 0.266 e. The fourth-order valence-corrected chi connectivity index (χ4v) is 3.06. The van der Waals surface area contributed by atoms with E-state index in [0.717, 1.165) is 5.56 Å². The molecule has 0 saturated carbocycles. The van der Waals surface area contributed by atoms with Crippen LogP contribution in [-0.2, 0) is 11.3 Å². The number of ether oxygens (including phenoxy) is 1. The van der Waals surface area contributed by atoms with Crippen LogP contribution in [0.3, 0.4) is 0 Å². The van der Waals surface area contributed by atoms with E-state index in [4.69, 9.17) is 39.5 Å². The number of hydrogen-bond donors (Lipinski definition) is 1. The highest BCUT2D eigenvalue weighted by molar-refractivity contribution is 6.35. The summed E-state index contributed by atoms with van der Waals surface area (Å²) in [5.74, 6) is 0.0117. The predicted molar refractivity (Wildman–Crippen MR) is 114 cm³/mol. The Morgan fingerprint density at radius 3 is 2.45 bits per heavy atom. The molecule has 9 heteroatoms. The number of hydrogen-bond acceptors (Lipinski definition) is 4. The molecule has 0 unspecified atom stereocenters. The number of halogens is 3. The van der Waals surface area contributed by atoms with E-state index in [-0.39, 0.29) is 31.2 Å². The first-order valence-corrected chi connectivity index (χ1v) is 9.74. The van der Waals surface area contributed by atoms with Crippen molar-refractivity contribution in [2.75, 3.05) is 13.2 Å². The Kier molecular flexibility index (Phi) is 7.14. The van der Waals surface area contributed by atoms with Gasteiger partial charge in [-0.15, -0.1) is 0 Å². The Morgan fingerprint density at radius 1 is 1.00 bits per heavy atom. The highest BCUT2D eigenvalue weighted by atomic mass is 35.5. The lowest BCUT2D eigenvalue weighted by Crippen LogP contribution is -2.34. The zero-order valence-electron chi connectivity index (χ0n) is 15.1. The third-order valence-corrected chi connectivity index (χ3v) is 4.69. The monoisotopic (exact) mass is 451 g/mol. The second kappa shape index (κ2) is 9.78. The molecule has 0 atom stereocenters.